The summed E-state index contributed by atoms with van der Waals surface area (Å²) in [6, 6.07) is 7.08. The van der Waals surface area contributed by atoms with E-state index in [-0.39, 0.29) is 17.5 Å². The van der Waals surface area contributed by atoms with Crippen LogP contribution in [0.5, 0.6) is 0 Å². The highest BCUT2D eigenvalue weighted by atomic mass is 32.2. The predicted octanol–water partition coefficient (Wildman–Crippen LogP) is 4.03. The van der Waals surface area contributed by atoms with Crippen LogP contribution in [0.1, 0.15) is 31.7 Å². The molecule has 0 radical (unpaired) electrons. The van der Waals surface area contributed by atoms with Crippen molar-refractivity contribution >= 4 is 29.2 Å². The number of nitrogens with zero attached hydrogens (tertiary/aromatic N) is 3. The number of benzene rings is 1. The Morgan fingerprint density at radius 3 is 2.96 bits per heavy atom. The lowest BCUT2D eigenvalue weighted by molar-refractivity contribution is -0.113. The highest BCUT2D eigenvalue weighted by Crippen LogP contribution is 2.25. The van der Waals surface area contributed by atoms with E-state index in [0.29, 0.717) is 17.3 Å². The number of anilines is 2. The minimum Gasteiger partial charge on any atom is -0.354 e. The average Bonchev–Trinajstić information content (AvgIpc) is 2.64. The second kappa shape index (κ2) is 8.49. The van der Waals surface area contributed by atoms with Crippen LogP contribution in [-0.4, -0.2) is 34.2 Å². The number of aryl methyl sites for hydroxylation is 1. The number of hydrogen-bond donors (Lipinski definition) is 1. The Balaban J connectivity index is 1.58. The molecule has 1 saturated heterocycles. The number of hydrogen-bond acceptors (Lipinski definition) is 5. The first-order valence-electron chi connectivity index (χ1n) is 8.80. The second-order valence-corrected chi connectivity index (χ2v) is 7.55. The molecule has 3 rings (SSSR count). The molecule has 1 amide bonds. The molecule has 0 saturated carbocycles. The molecular weight excluding hydrogens is 351 g/mol. The van der Waals surface area contributed by atoms with E-state index >= 15 is 0 Å². The molecule has 1 aliphatic heterocycles. The summed E-state index contributed by atoms with van der Waals surface area (Å²) in [6.45, 7) is 4.90. The minimum atomic E-state index is -0.327. The summed E-state index contributed by atoms with van der Waals surface area (Å²) in [5.74, 6) is 0.605. The molecule has 1 unspecified atom stereocenters. The van der Waals surface area contributed by atoms with Crippen LogP contribution in [0, 0.1) is 12.7 Å². The first-order valence-corrected chi connectivity index (χ1v) is 9.79. The van der Waals surface area contributed by atoms with Gasteiger partial charge in [-0.3, -0.25) is 4.79 Å². The fourth-order valence-corrected chi connectivity index (χ4v) is 3.67. The van der Waals surface area contributed by atoms with Crippen molar-refractivity contribution in [2.75, 3.05) is 22.5 Å². The van der Waals surface area contributed by atoms with E-state index in [9.17, 15) is 9.18 Å². The van der Waals surface area contributed by atoms with Crippen molar-refractivity contribution in [2.24, 2.45) is 0 Å². The van der Waals surface area contributed by atoms with Gasteiger partial charge in [-0.1, -0.05) is 17.8 Å². The molecule has 26 heavy (non-hydrogen) atoms. The number of piperidine rings is 1. The molecule has 0 bridgehead atoms. The van der Waals surface area contributed by atoms with Crippen molar-refractivity contribution in [2.45, 2.75) is 44.2 Å². The molecule has 1 aliphatic rings. The number of carbonyl (C=O) groups excluding carboxylic acids is 1. The number of aromatic nitrogens is 2. The van der Waals surface area contributed by atoms with Crippen molar-refractivity contribution in [3.8, 4) is 0 Å². The third-order valence-corrected chi connectivity index (χ3v) is 5.46. The number of nitrogens with one attached hydrogen (secondary N) is 1. The SMILES string of the molecule is Cc1ccc(NC(=O)CSc2cc(N3CCCCC3C)ncn2)cc1F. The van der Waals surface area contributed by atoms with Crippen LogP contribution >= 0.6 is 11.8 Å². The summed E-state index contributed by atoms with van der Waals surface area (Å²) in [6.07, 6.45) is 5.14. The highest BCUT2D eigenvalue weighted by Gasteiger charge is 2.20. The number of amides is 1. The standard InChI is InChI=1S/C19H23FN4OS/c1-13-6-7-15(9-16(13)20)23-18(25)11-26-19-10-17(21-12-22-19)24-8-4-3-5-14(24)2/h6-7,9-10,12,14H,3-5,8,11H2,1-2H3,(H,23,25). The van der Waals surface area contributed by atoms with Gasteiger partial charge in [0.25, 0.3) is 0 Å². The predicted molar refractivity (Wildman–Crippen MR) is 103 cm³/mol. The first-order chi connectivity index (χ1) is 12.5. The minimum absolute atomic E-state index is 0.190. The zero-order valence-electron chi connectivity index (χ0n) is 15.0. The van der Waals surface area contributed by atoms with Gasteiger partial charge < -0.3 is 10.2 Å². The zero-order valence-corrected chi connectivity index (χ0v) is 15.9. The molecule has 2 aromatic rings. The van der Waals surface area contributed by atoms with Crippen molar-refractivity contribution in [1.82, 2.24) is 9.97 Å². The third kappa shape index (κ3) is 4.72. The Labute approximate surface area is 157 Å². The Bertz CT molecular complexity index is 786. The van der Waals surface area contributed by atoms with Gasteiger partial charge in [-0.25, -0.2) is 14.4 Å². The van der Waals surface area contributed by atoms with E-state index in [2.05, 4.69) is 27.1 Å². The molecule has 1 aromatic carbocycles. The van der Waals surface area contributed by atoms with Gasteiger partial charge in [0.15, 0.2) is 0 Å². The van der Waals surface area contributed by atoms with Gasteiger partial charge in [0.05, 0.1) is 5.75 Å². The van der Waals surface area contributed by atoms with Gasteiger partial charge in [-0.2, -0.15) is 0 Å². The molecule has 1 aromatic heterocycles. The van der Waals surface area contributed by atoms with Crippen LogP contribution in [0.2, 0.25) is 0 Å². The third-order valence-electron chi connectivity index (χ3n) is 4.53. The normalized spacial score (nSPS) is 17.2. The Morgan fingerprint density at radius 1 is 1.35 bits per heavy atom. The average molecular weight is 374 g/mol. The Morgan fingerprint density at radius 2 is 2.19 bits per heavy atom. The largest absolute Gasteiger partial charge is 0.354 e. The summed E-state index contributed by atoms with van der Waals surface area (Å²) in [7, 11) is 0. The van der Waals surface area contributed by atoms with Gasteiger partial charge in [0.1, 0.15) is 23.0 Å². The molecule has 0 spiro atoms. The quantitative estimate of drug-likeness (QED) is 0.632. The lowest BCUT2D eigenvalue weighted by Gasteiger charge is -2.34. The molecule has 5 nitrogen and oxygen atoms in total. The fourth-order valence-electron chi connectivity index (χ4n) is 3.01. The van der Waals surface area contributed by atoms with Gasteiger partial charge in [0.2, 0.25) is 5.91 Å². The molecule has 2 heterocycles. The fraction of sp³-hybridized carbons (Fsp3) is 0.421. The van der Waals surface area contributed by atoms with Crippen LogP contribution in [0.4, 0.5) is 15.9 Å². The summed E-state index contributed by atoms with van der Waals surface area (Å²) >= 11 is 1.35. The van der Waals surface area contributed by atoms with Crippen LogP contribution in [0.3, 0.4) is 0 Å². The molecule has 7 heteroatoms. The van der Waals surface area contributed by atoms with E-state index in [1.54, 1.807) is 25.4 Å². The van der Waals surface area contributed by atoms with E-state index in [4.69, 9.17) is 0 Å². The Kier molecular flexibility index (Phi) is 6.08. The summed E-state index contributed by atoms with van der Waals surface area (Å²) in [4.78, 5) is 23.0. The number of carbonyl (C=O) groups is 1. The molecule has 1 atom stereocenters. The molecule has 0 aliphatic carbocycles. The van der Waals surface area contributed by atoms with Crippen molar-refractivity contribution < 1.29 is 9.18 Å². The monoisotopic (exact) mass is 374 g/mol. The molecular formula is C19H23FN4OS. The van der Waals surface area contributed by atoms with Gasteiger partial charge in [-0.15, -0.1) is 0 Å². The van der Waals surface area contributed by atoms with Crippen molar-refractivity contribution in [1.29, 1.82) is 0 Å². The number of rotatable bonds is 5. The number of thioether (sulfide) groups is 1. The first kappa shape index (κ1) is 18.6. The lowest BCUT2D eigenvalue weighted by atomic mass is 10.0. The van der Waals surface area contributed by atoms with E-state index in [0.717, 1.165) is 17.4 Å². The molecule has 1 fully saturated rings. The van der Waals surface area contributed by atoms with Gasteiger partial charge >= 0.3 is 0 Å². The lowest BCUT2D eigenvalue weighted by Crippen LogP contribution is -2.38. The maximum atomic E-state index is 13.6. The summed E-state index contributed by atoms with van der Waals surface area (Å²) in [5.41, 5.74) is 1.02. The van der Waals surface area contributed by atoms with Crippen LogP contribution < -0.4 is 10.2 Å². The second-order valence-electron chi connectivity index (χ2n) is 6.55. The van der Waals surface area contributed by atoms with Crippen molar-refractivity contribution in [3.63, 3.8) is 0 Å². The van der Waals surface area contributed by atoms with E-state index < -0.39 is 0 Å². The van der Waals surface area contributed by atoms with Gasteiger partial charge in [-0.05, 0) is 50.8 Å². The zero-order chi connectivity index (χ0) is 18.5. The van der Waals surface area contributed by atoms with E-state index in [1.807, 2.05) is 6.07 Å². The molecule has 138 valence electrons. The van der Waals surface area contributed by atoms with Crippen LogP contribution in [-0.2, 0) is 4.79 Å². The Hall–Kier alpha value is -2.15. The highest BCUT2D eigenvalue weighted by molar-refractivity contribution is 7.99. The van der Waals surface area contributed by atoms with Crippen LogP contribution in [0.25, 0.3) is 0 Å². The maximum absolute atomic E-state index is 13.6. The topological polar surface area (TPSA) is 58.1 Å². The van der Waals surface area contributed by atoms with Crippen molar-refractivity contribution in [3.05, 3.63) is 42.0 Å². The van der Waals surface area contributed by atoms with Gasteiger partial charge in [0, 0.05) is 24.3 Å². The summed E-state index contributed by atoms with van der Waals surface area (Å²) < 4.78 is 13.6. The molecule has 1 N–H and O–H groups in total. The maximum Gasteiger partial charge on any atom is 0.234 e. The number of halogens is 1. The van der Waals surface area contributed by atoms with E-state index in [1.165, 1.54) is 37.1 Å². The van der Waals surface area contributed by atoms with Crippen LogP contribution in [0.15, 0.2) is 35.6 Å². The summed E-state index contributed by atoms with van der Waals surface area (Å²) in [5, 5.41) is 3.47. The smallest absolute Gasteiger partial charge is 0.234 e.